The lowest BCUT2D eigenvalue weighted by Crippen LogP contribution is -2.43. The first-order valence-electron chi connectivity index (χ1n) is 6.42. The Bertz CT molecular complexity index is 546. The maximum Gasteiger partial charge on any atom is 0.129 e. The SMILES string of the molecule is NCc1ccc2nc(N3CCNCC3)ccc2c1. The van der Waals surface area contributed by atoms with Crippen molar-refractivity contribution in [1.82, 2.24) is 10.3 Å². The fraction of sp³-hybridized carbons (Fsp3) is 0.357. The molecule has 94 valence electrons. The fourth-order valence-electron chi connectivity index (χ4n) is 2.36. The number of rotatable bonds is 2. The topological polar surface area (TPSA) is 54.2 Å². The van der Waals surface area contributed by atoms with Crippen LogP contribution in [-0.4, -0.2) is 31.2 Å². The zero-order valence-electron chi connectivity index (χ0n) is 10.4. The van der Waals surface area contributed by atoms with Crippen LogP contribution in [0.1, 0.15) is 5.56 Å². The van der Waals surface area contributed by atoms with Crippen molar-refractivity contribution in [2.75, 3.05) is 31.1 Å². The molecule has 4 heteroatoms. The number of aromatic nitrogens is 1. The van der Waals surface area contributed by atoms with Gasteiger partial charge >= 0.3 is 0 Å². The normalized spacial score (nSPS) is 16.2. The minimum absolute atomic E-state index is 0.579. The Kier molecular flexibility index (Phi) is 3.13. The molecule has 1 fully saturated rings. The molecule has 0 saturated carbocycles. The predicted octanol–water partition coefficient (Wildman–Crippen LogP) is 1.10. The molecule has 1 aromatic heterocycles. The van der Waals surface area contributed by atoms with Crippen molar-refractivity contribution in [2.24, 2.45) is 5.73 Å². The monoisotopic (exact) mass is 242 g/mol. The van der Waals surface area contributed by atoms with Gasteiger partial charge in [-0.1, -0.05) is 6.07 Å². The molecule has 1 aliphatic rings. The van der Waals surface area contributed by atoms with Crippen molar-refractivity contribution >= 4 is 16.7 Å². The lowest BCUT2D eigenvalue weighted by molar-refractivity contribution is 0.585. The maximum atomic E-state index is 5.65. The summed E-state index contributed by atoms with van der Waals surface area (Å²) in [5, 5.41) is 4.52. The summed E-state index contributed by atoms with van der Waals surface area (Å²) in [6.07, 6.45) is 0. The highest BCUT2D eigenvalue weighted by Gasteiger charge is 2.11. The predicted molar refractivity (Wildman–Crippen MR) is 74.7 cm³/mol. The minimum atomic E-state index is 0.579. The number of anilines is 1. The average Bonchev–Trinajstić information content (AvgIpc) is 2.47. The third-order valence-electron chi connectivity index (χ3n) is 3.42. The molecule has 1 aromatic carbocycles. The summed E-state index contributed by atoms with van der Waals surface area (Å²) in [7, 11) is 0. The highest BCUT2D eigenvalue weighted by Crippen LogP contribution is 2.19. The van der Waals surface area contributed by atoms with Gasteiger partial charge in [-0.2, -0.15) is 0 Å². The second kappa shape index (κ2) is 4.92. The van der Waals surface area contributed by atoms with Crippen LogP contribution >= 0.6 is 0 Å². The van der Waals surface area contributed by atoms with Crippen molar-refractivity contribution in [3.05, 3.63) is 35.9 Å². The maximum absolute atomic E-state index is 5.65. The Balaban J connectivity index is 1.95. The molecular formula is C14H18N4. The Morgan fingerprint density at radius 1 is 1.17 bits per heavy atom. The molecular weight excluding hydrogens is 224 g/mol. The van der Waals surface area contributed by atoms with Crippen LogP contribution in [0.25, 0.3) is 10.9 Å². The van der Waals surface area contributed by atoms with Gasteiger partial charge in [-0.15, -0.1) is 0 Å². The van der Waals surface area contributed by atoms with Crippen molar-refractivity contribution in [1.29, 1.82) is 0 Å². The van der Waals surface area contributed by atoms with E-state index in [0.717, 1.165) is 48.5 Å². The first-order valence-corrected chi connectivity index (χ1v) is 6.42. The molecule has 1 saturated heterocycles. The summed E-state index contributed by atoms with van der Waals surface area (Å²) < 4.78 is 0. The molecule has 0 aliphatic carbocycles. The van der Waals surface area contributed by atoms with Gasteiger partial charge in [0.15, 0.2) is 0 Å². The molecule has 4 nitrogen and oxygen atoms in total. The third kappa shape index (κ3) is 2.17. The lowest BCUT2D eigenvalue weighted by Gasteiger charge is -2.28. The molecule has 1 aliphatic heterocycles. The highest BCUT2D eigenvalue weighted by molar-refractivity contribution is 5.81. The second-order valence-electron chi connectivity index (χ2n) is 4.64. The number of nitrogens with zero attached hydrogens (tertiary/aromatic N) is 2. The fourth-order valence-corrected chi connectivity index (χ4v) is 2.36. The largest absolute Gasteiger partial charge is 0.354 e. The Morgan fingerprint density at radius 3 is 2.78 bits per heavy atom. The summed E-state index contributed by atoms with van der Waals surface area (Å²) in [6.45, 7) is 4.70. The van der Waals surface area contributed by atoms with Gasteiger partial charge in [-0.3, -0.25) is 0 Å². The van der Waals surface area contributed by atoms with Crippen molar-refractivity contribution in [3.63, 3.8) is 0 Å². The van der Waals surface area contributed by atoms with E-state index >= 15 is 0 Å². The minimum Gasteiger partial charge on any atom is -0.354 e. The van der Waals surface area contributed by atoms with Gasteiger partial charge in [-0.05, 0) is 29.8 Å². The molecule has 2 aromatic rings. The van der Waals surface area contributed by atoms with Gasteiger partial charge in [-0.25, -0.2) is 4.98 Å². The standard InChI is InChI=1S/C14H18N4/c15-10-11-1-3-13-12(9-11)2-4-14(17-13)18-7-5-16-6-8-18/h1-4,9,16H,5-8,10,15H2. The van der Waals surface area contributed by atoms with Crippen LogP contribution in [0.2, 0.25) is 0 Å². The van der Waals surface area contributed by atoms with Gasteiger partial charge < -0.3 is 16.0 Å². The number of nitrogens with two attached hydrogens (primary N) is 1. The molecule has 0 bridgehead atoms. The average molecular weight is 242 g/mol. The Hall–Kier alpha value is -1.65. The molecule has 0 atom stereocenters. The second-order valence-corrected chi connectivity index (χ2v) is 4.64. The number of hydrogen-bond acceptors (Lipinski definition) is 4. The van der Waals surface area contributed by atoms with Crippen LogP contribution in [0.5, 0.6) is 0 Å². The lowest BCUT2D eigenvalue weighted by atomic mass is 10.1. The van der Waals surface area contributed by atoms with Gasteiger partial charge in [0.25, 0.3) is 0 Å². The van der Waals surface area contributed by atoms with E-state index in [2.05, 4.69) is 40.5 Å². The summed E-state index contributed by atoms with van der Waals surface area (Å²) in [5.41, 5.74) is 7.85. The number of hydrogen-bond donors (Lipinski definition) is 2. The van der Waals surface area contributed by atoms with Crippen molar-refractivity contribution < 1.29 is 0 Å². The molecule has 0 spiro atoms. The molecule has 0 unspecified atom stereocenters. The molecule has 3 N–H and O–H groups in total. The number of piperazine rings is 1. The summed E-state index contributed by atoms with van der Waals surface area (Å²) in [5.74, 6) is 1.07. The van der Waals surface area contributed by atoms with Crippen molar-refractivity contribution in [2.45, 2.75) is 6.54 Å². The van der Waals surface area contributed by atoms with Crippen LogP contribution in [0.4, 0.5) is 5.82 Å². The van der Waals surface area contributed by atoms with Crippen LogP contribution in [-0.2, 0) is 6.54 Å². The van der Waals surface area contributed by atoms with Crippen molar-refractivity contribution in [3.8, 4) is 0 Å². The van der Waals surface area contributed by atoms with E-state index < -0.39 is 0 Å². The van der Waals surface area contributed by atoms with E-state index in [1.54, 1.807) is 0 Å². The van der Waals surface area contributed by atoms with Crippen LogP contribution in [0.15, 0.2) is 30.3 Å². The summed E-state index contributed by atoms with van der Waals surface area (Å²) >= 11 is 0. The van der Waals surface area contributed by atoms with E-state index in [1.165, 1.54) is 0 Å². The first-order chi connectivity index (χ1) is 8.86. The molecule has 3 rings (SSSR count). The quantitative estimate of drug-likeness (QED) is 0.828. The van der Waals surface area contributed by atoms with Gasteiger partial charge in [0, 0.05) is 38.1 Å². The zero-order valence-corrected chi connectivity index (χ0v) is 10.4. The van der Waals surface area contributed by atoms with Crippen LogP contribution < -0.4 is 16.0 Å². The van der Waals surface area contributed by atoms with Crippen LogP contribution in [0.3, 0.4) is 0 Å². The number of pyridine rings is 1. The first kappa shape index (κ1) is 11.4. The summed E-state index contributed by atoms with van der Waals surface area (Å²) in [4.78, 5) is 7.06. The Morgan fingerprint density at radius 2 is 2.00 bits per heavy atom. The molecule has 18 heavy (non-hydrogen) atoms. The van der Waals surface area contributed by atoms with Crippen LogP contribution in [0, 0.1) is 0 Å². The smallest absolute Gasteiger partial charge is 0.129 e. The van der Waals surface area contributed by atoms with E-state index in [-0.39, 0.29) is 0 Å². The summed E-state index contributed by atoms with van der Waals surface area (Å²) in [6, 6.07) is 10.5. The molecule has 0 amide bonds. The zero-order chi connectivity index (χ0) is 12.4. The number of fused-ring (bicyclic) bond motifs is 1. The number of benzene rings is 1. The van der Waals surface area contributed by atoms with Gasteiger partial charge in [0.05, 0.1) is 5.52 Å². The van der Waals surface area contributed by atoms with E-state index in [9.17, 15) is 0 Å². The van der Waals surface area contributed by atoms with E-state index in [4.69, 9.17) is 10.7 Å². The molecule has 2 heterocycles. The Labute approximate surface area is 107 Å². The third-order valence-corrected chi connectivity index (χ3v) is 3.42. The van der Waals surface area contributed by atoms with E-state index in [0.29, 0.717) is 6.54 Å². The van der Waals surface area contributed by atoms with Gasteiger partial charge in [0.1, 0.15) is 5.82 Å². The number of nitrogens with one attached hydrogen (secondary N) is 1. The van der Waals surface area contributed by atoms with E-state index in [1.807, 2.05) is 0 Å². The highest BCUT2D eigenvalue weighted by atomic mass is 15.2. The molecule has 0 radical (unpaired) electrons. The van der Waals surface area contributed by atoms with Gasteiger partial charge in [0.2, 0.25) is 0 Å².